The Bertz CT molecular complexity index is 692. The van der Waals surface area contributed by atoms with Crippen LogP contribution in [-0.2, 0) is 4.79 Å². The number of benzene rings is 1. The van der Waals surface area contributed by atoms with Gasteiger partial charge in [-0.1, -0.05) is 11.6 Å². The van der Waals surface area contributed by atoms with Crippen LogP contribution in [0.1, 0.15) is 20.8 Å². The highest BCUT2D eigenvalue weighted by atomic mass is 19.1. The van der Waals surface area contributed by atoms with Gasteiger partial charge in [-0.25, -0.2) is 4.39 Å². The molecule has 0 aliphatic heterocycles. The summed E-state index contributed by atoms with van der Waals surface area (Å²) in [6, 6.07) is 4.41. The van der Waals surface area contributed by atoms with Crippen LogP contribution >= 0.6 is 0 Å². The van der Waals surface area contributed by atoms with E-state index in [1.54, 1.807) is 31.3 Å². The first-order valence-corrected chi connectivity index (χ1v) is 7.20. The molecular weight excluding hydrogens is 283 g/mol. The van der Waals surface area contributed by atoms with Gasteiger partial charge in [0.1, 0.15) is 6.17 Å². The van der Waals surface area contributed by atoms with E-state index < -0.39 is 24.0 Å². The molecule has 0 fully saturated rings. The number of hydrogen-bond donors (Lipinski definition) is 3. The minimum absolute atomic E-state index is 0.404. The van der Waals surface area contributed by atoms with E-state index in [0.29, 0.717) is 5.69 Å². The summed E-state index contributed by atoms with van der Waals surface area (Å²) in [7, 11) is 0. The first-order valence-electron chi connectivity index (χ1n) is 7.20. The largest absolute Gasteiger partial charge is 0.325 e. The first-order chi connectivity index (χ1) is 10.4. The van der Waals surface area contributed by atoms with Crippen molar-refractivity contribution in [2.45, 2.75) is 33.0 Å². The maximum atomic E-state index is 13.8. The lowest BCUT2D eigenvalue weighted by Gasteiger charge is -2.25. The molecule has 0 bridgehead atoms. The summed E-state index contributed by atoms with van der Waals surface area (Å²) in [5.41, 5.74) is 8.22. The Morgan fingerprint density at radius 1 is 1.50 bits per heavy atom. The van der Waals surface area contributed by atoms with E-state index in [4.69, 9.17) is 5.73 Å². The second-order valence-corrected chi connectivity index (χ2v) is 5.42. The molecule has 0 aliphatic carbocycles. The molecule has 0 radical (unpaired) electrons. The molecular formula is C16H21FN4O. The van der Waals surface area contributed by atoms with E-state index >= 15 is 0 Å². The Labute approximate surface area is 128 Å². The van der Waals surface area contributed by atoms with Crippen molar-refractivity contribution in [3.8, 4) is 0 Å². The maximum absolute atomic E-state index is 13.8. The van der Waals surface area contributed by atoms with Crippen LogP contribution in [0.15, 0.2) is 36.0 Å². The molecule has 0 aliphatic rings. The lowest BCUT2D eigenvalue weighted by atomic mass is 9.88. The van der Waals surface area contributed by atoms with Crippen molar-refractivity contribution in [3.63, 3.8) is 0 Å². The van der Waals surface area contributed by atoms with Gasteiger partial charge < -0.3 is 11.1 Å². The Morgan fingerprint density at radius 2 is 2.23 bits per heavy atom. The Kier molecular flexibility index (Phi) is 4.92. The molecule has 6 heteroatoms. The van der Waals surface area contributed by atoms with Crippen molar-refractivity contribution in [2.24, 2.45) is 11.7 Å². The molecule has 0 saturated carbocycles. The van der Waals surface area contributed by atoms with Crippen molar-refractivity contribution in [3.05, 3.63) is 36.0 Å². The molecule has 118 valence electrons. The third kappa shape index (κ3) is 3.33. The van der Waals surface area contributed by atoms with Crippen LogP contribution in [0.4, 0.5) is 10.1 Å². The normalized spacial score (nSPS) is 16.3. The van der Waals surface area contributed by atoms with Crippen LogP contribution in [0.5, 0.6) is 0 Å². The van der Waals surface area contributed by atoms with Gasteiger partial charge in [-0.05, 0) is 39.0 Å². The fourth-order valence-corrected chi connectivity index (χ4v) is 2.53. The van der Waals surface area contributed by atoms with Crippen LogP contribution < -0.4 is 11.1 Å². The number of H-pyrrole nitrogens is 1. The fraction of sp³-hybridized carbons (Fsp3) is 0.375. The number of nitrogens with two attached hydrogens (primary N) is 1. The summed E-state index contributed by atoms with van der Waals surface area (Å²) in [4.78, 5) is 12.3. The molecule has 3 atom stereocenters. The SMILES string of the molecule is C/C=C(/C)C(C(N)C(=O)Nc1ccc2[nH]ncc2c1)[C@@H](C)F. The Morgan fingerprint density at radius 3 is 2.86 bits per heavy atom. The lowest BCUT2D eigenvalue weighted by molar-refractivity contribution is -0.118. The van der Waals surface area contributed by atoms with E-state index in [2.05, 4.69) is 15.5 Å². The number of halogens is 1. The van der Waals surface area contributed by atoms with E-state index in [0.717, 1.165) is 16.5 Å². The third-order valence-electron chi connectivity index (χ3n) is 3.87. The van der Waals surface area contributed by atoms with E-state index in [9.17, 15) is 9.18 Å². The number of aromatic nitrogens is 2. The number of nitrogens with one attached hydrogen (secondary N) is 2. The predicted octanol–water partition coefficient (Wildman–Crippen LogP) is 2.77. The zero-order valence-corrected chi connectivity index (χ0v) is 12.9. The van der Waals surface area contributed by atoms with Crippen LogP contribution in [0.2, 0.25) is 0 Å². The summed E-state index contributed by atoms with van der Waals surface area (Å²) in [6.07, 6.45) is 2.25. The van der Waals surface area contributed by atoms with Gasteiger partial charge in [-0.15, -0.1) is 0 Å². The third-order valence-corrected chi connectivity index (χ3v) is 3.87. The molecule has 4 N–H and O–H groups in total. The highest BCUT2D eigenvalue weighted by molar-refractivity contribution is 5.97. The zero-order valence-electron chi connectivity index (χ0n) is 12.9. The van der Waals surface area contributed by atoms with Crippen LogP contribution in [0.25, 0.3) is 10.9 Å². The molecule has 22 heavy (non-hydrogen) atoms. The fourth-order valence-electron chi connectivity index (χ4n) is 2.53. The van der Waals surface area contributed by atoms with Crippen LogP contribution in [0, 0.1) is 5.92 Å². The number of nitrogens with zero attached hydrogens (tertiary/aromatic N) is 1. The van der Waals surface area contributed by atoms with Gasteiger partial charge in [-0.3, -0.25) is 9.89 Å². The van der Waals surface area contributed by atoms with Crippen molar-refractivity contribution in [1.82, 2.24) is 10.2 Å². The molecule has 0 saturated heterocycles. The number of alkyl halides is 1. The molecule has 1 amide bonds. The number of amides is 1. The maximum Gasteiger partial charge on any atom is 0.242 e. The number of carbonyl (C=O) groups is 1. The standard InChI is InChI=1S/C16H21FN4O/c1-4-9(2)14(10(3)17)15(18)16(22)20-12-5-6-13-11(7-12)8-19-21-13/h4-8,10,14-15H,18H2,1-3H3,(H,19,21)(H,20,22)/b9-4-/t10-,14?,15?/m1/s1. The first kappa shape index (κ1) is 16.2. The summed E-state index contributed by atoms with van der Waals surface area (Å²) >= 11 is 0. The number of fused-ring (bicyclic) bond motifs is 1. The molecule has 5 nitrogen and oxygen atoms in total. The van der Waals surface area contributed by atoms with Crippen molar-refractivity contribution >= 4 is 22.5 Å². The monoisotopic (exact) mass is 304 g/mol. The summed E-state index contributed by atoms with van der Waals surface area (Å²) in [5, 5.41) is 10.4. The Hall–Kier alpha value is -2.21. The quantitative estimate of drug-likeness (QED) is 0.743. The Balaban J connectivity index is 2.15. The summed E-state index contributed by atoms with van der Waals surface area (Å²) in [5.74, 6) is -1.04. The number of rotatable bonds is 5. The lowest BCUT2D eigenvalue weighted by Crippen LogP contribution is -2.45. The minimum atomic E-state index is -1.20. The van der Waals surface area contributed by atoms with E-state index in [-0.39, 0.29) is 0 Å². The zero-order chi connectivity index (χ0) is 16.3. The van der Waals surface area contributed by atoms with Crippen molar-refractivity contribution < 1.29 is 9.18 Å². The number of aromatic amines is 1. The number of carbonyl (C=O) groups excluding carboxylic acids is 1. The second kappa shape index (κ2) is 6.70. The topological polar surface area (TPSA) is 83.8 Å². The van der Waals surface area contributed by atoms with Gasteiger partial charge in [0.25, 0.3) is 0 Å². The predicted molar refractivity (Wildman–Crippen MR) is 86.2 cm³/mol. The van der Waals surface area contributed by atoms with Gasteiger partial charge in [0, 0.05) is 17.0 Å². The van der Waals surface area contributed by atoms with Gasteiger partial charge in [-0.2, -0.15) is 5.10 Å². The highest BCUT2D eigenvalue weighted by Crippen LogP contribution is 2.22. The number of allylic oxidation sites excluding steroid dienone is 1. The summed E-state index contributed by atoms with van der Waals surface area (Å²) in [6.45, 7) is 5.01. The molecule has 2 rings (SSSR count). The molecule has 2 unspecified atom stereocenters. The summed E-state index contributed by atoms with van der Waals surface area (Å²) < 4.78 is 13.8. The smallest absolute Gasteiger partial charge is 0.242 e. The second-order valence-electron chi connectivity index (χ2n) is 5.42. The molecule has 1 aromatic carbocycles. The van der Waals surface area contributed by atoms with E-state index in [1.807, 2.05) is 13.0 Å². The average Bonchev–Trinajstić information content (AvgIpc) is 2.94. The van der Waals surface area contributed by atoms with Gasteiger partial charge in [0.05, 0.1) is 17.8 Å². The van der Waals surface area contributed by atoms with Crippen LogP contribution in [-0.4, -0.2) is 28.3 Å². The minimum Gasteiger partial charge on any atom is -0.325 e. The molecule has 1 heterocycles. The average molecular weight is 304 g/mol. The molecule has 2 aromatic rings. The van der Waals surface area contributed by atoms with Crippen molar-refractivity contribution in [2.75, 3.05) is 5.32 Å². The van der Waals surface area contributed by atoms with Gasteiger partial charge in [0.15, 0.2) is 0 Å². The van der Waals surface area contributed by atoms with Crippen molar-refractivity contribution in [1.29, 1.82) is 0 Å². The molecule has 0 spiro atoms. The van der Waals surface area contributed by atoms with Crippen LogP contribution in [0.3, 0.4) is 0 Å². The highest BCUT2D eigenvalue weighted by Gasteiger charge is 2.30. The van der Waals surface area contributed by atoms with E-state index in [1.165, 1.54) is 6.92 Å². The number of anilines is 1. The van der Waals surface area contributed by atoms with Gasteiger partial charge in [0.2, 0.25) is 5.91 Å². The molecule has 1 aromatic heterocycles. The van der Waals surface area contributed by atoms with Gasteiger partial charge >= 0.3 is 0 Å². The number of hydrogen-bond acceptors (Lipinski definition) is 3.